The summed E-state index contributed by atoms with van der Waals surface area (Å²) < 4.78 is 7.01. The number of hydrogen-bond acceptors (Lipinski definition) is 5. The number of aromatic nitrogens is 4. The van der Waals surface area contributed by atoms with Gasteiger partial charge in [-0.3, -0.25) is 9.58 Å². The maximum atomic E-state index is 5.11. The van der Waals surface area contributed by atoms with E-state index in [1.165, 1.54) is 12.8 Å². The van der Waals surface area contributed by atoms with E-state index < -0.39 is 0 Å². The average molecular weight is 247 g/mol. The van der Waals surface area contributed by atoms with Crippen molar-refractivity contribution in [3.8, 4) is 0 Å². The Kier molecular flexibility index (Phi) is 3.10. The zero-order valence-electron chi connectivity index (χ0n) is 10.5. The van der Waals surface area contributed by atoms with E-state index in [-0.39, 0.29) is 0 Å². The third-order valence-electron chi connectivity index (χ3n) is 3.41. The van der Waals surface area contributed by atoms with Crippen LogP contribution in [0.4, 0.5) is 0 Å². The maximum Gasteiger partial charge on any atom is 0.137 e. The van der Waals surface area contributed by atoms with Gasteiger partial charge in [-0.15, -0.1) is 0 Å². The van der Waals surface area contributed by atoms with E-state index in [0.29, 0.717) is 6.04 Å². The Hall–Kier alpha value is -1.69. The smallest absolute Gasteiger partial charge is 0.137 e. The molecule has 1 atom stereocenters. The predicted octanol–water partition coefficient (Wildman–Crippen LogP) is 1.24. The lowest BCUT2D eigenvalue weighted by Crippen LogP contribution is -2.32. The quantitative estimate of drug-likeness (QED) is 0.813. The lowest BCUT2D eigenvalue weighted by molar-refractivity contribution is 0.213. The summed E-state index contributed by atoms with van der Waals surface area (Å²) in [6.45, 7) is 4.80. The van der Waals surface area contributed by atoms with Gasteiger partial charge in [-0.25, -0.2) is 4.98 Å². The van der Waals surface area contributed by atoms with Crippen LogP contribution in [0.25, 0.3) is 0 Å². The summed E-state index contributed by atoms with van der Waals surface area (Å²) in [7, 11) is 0. The Morgan fingerprint density at radius 2 is 2.44 bits per heavy atom. The molecular formula is C12H17N5O. The van der Waals surface area contributed by atoms with E-state index in [1.807, 2.05) is 17.7 Å². The molecule has 0 amide bonds. The van der Waals surface area contributed by atoms with E-state index in [1.54, 1.807) is 12.7 Å². The van der Waals surface area contributed by atoms with Crippen LogP contribution in [0.1, 0.15) is 24.3 Å². The molecule has 18 heavy (non-hydrogen) atoms. The van der Waals surface area contributed by atoms with Crippen LogP contribution in [-0.4, -0.2) is 37.4 Å². The molecule has 0 spiro atoms. The van der Waals surface area contributed by atoms with Gasteiger partial charge in [0.05, 0.1) is 12.2 Å². The first-order valence-electron chi connectivity index (χ1n) is 6.30. The van der Waals surface area contributed by atoms with Crippen molar-refractivity contribution in [1.29, 1.82) is 0 Å². The molecule has 0 unspecified atom stereocenters. The molecule has 1 fully saturated rings. The van der Waals surface area contributed by atoms with Crippen LogP contribution in [0.2, 0.25) is 0 Å². The molecule has 96 valence electrons. The minimum atomic E-state index is 0.517. The molecule has 3 rings (SSSR count). The van der Waals surface area contributed by atoms with Gasteiger partial charge in [0.2, 0.25) is 0 Å². The van der Waals surface area contributed by atoms with Crippen molar-refractivity contribution in [3.05, 3.63) is 30.2 Å². The molecule has 2 aromatic heterocycles. The fourth-order valence-corrected chi connectivity index (χ4v) is 2.55. The van der Waals surface area contributed by atoms with Gasteiger partial charge in [0, 0.05) is 18.7 Å². The first-order valence-corrected chi connectivity index (χ1v) is 6.30. The molecule has 0 aliphatic carbocycles. The highest BCUT2D eigenvalue weighted by atomic mass is 16.5. The molecule has 0 radical (unpaired) electrons. The molecule has 0 aromatic carbocycles. The zero-order chi connectivity index (χ0) is 12.4. The van der Waals surface area contributed by atoms with E-state index >= 15 is 0 Å². The molecule has 6 heteroatoms. The molecule has 0 N–H and O–H groups in total. The third kappa shape index (κ3) is 2.43. The van der Waals surface area contributed by atoms with Gasteiger partial charge < -0.3 is 4.52 Å². The monoisotopic (exact) mass is 247 g/mol. The highest BCUT2D eigenvalue weighted by Crippen LogP contribution is 2.21. The van der Waals surface area contributed by atoms with Gasteiger partial charge in [0.25, 0.3) is 0 Å². The molecule has 0 bridgehead atoms. The first kappa shape index (κ1) is 11.4. The number of aryl methyl sites for hydroxylation is 1. The second-order valence-electron chi connectivity index (χ2n) is 4.81. The average Bonchev–Trinajstić information content (AvgIpc) is 3.05. The van der Waals surface area contributed by atoms with Crippen LogP contribution in [0.15, 0.2) is 23.2 Å². The highest BCUT2D eigenvalue weighted by molar-refractivity contribution is 5.04. The molecule has 2 aromatic rings. The minimum Gasteiger partial charge on any atom is -0.361 e. The van der Waals surface area contributed by atoms with Gasteiger partial charge in [0.1, 0.15) is 18.4 Å². The normalized spacial score (nSPS) is 20.6. The van der Waals surface area contributed by atoms with Crippen LogP contribution in [0.5, 0.6) is 0 Å². The summed E-state index contributed by atoms with van der Waals surface area (Å²) >= 11 is 0. The lowest BCUT2D eigenvalue weighted by atomic mass is 10.2. The van der Waals surface area contributed by atoms with Crippen LogP contribution >= 0.6 is 0 Å². The molecule has 3 heterocycles. The van der Waals surface area contributed by atoms with Crippen molar-refractivity contribution >= 4 is 0 Å². The maximum absolute atomic E-state index is 5.11. The first-order chi connectivity index (χ1) is 8.81. The van der Waals surface area contributed by atoms with E-state index in [9.17, 15) is 0 Å². The molecule has 6 nitrogen and oxygen atoms in total. The van der Waals surface area contributed by atoms with Crippen molar-refractivity contribution in [2.45, 2.75) is 38.9 Å². The van der Waals surface area contributed by atoms with Gasteiger partial charge in [-0.05, 0) is 26.3 Å². The van der Waals surface area contributed by atoms with Gasteiger partial charge in [-0.2, -0.15) is 5.10 Å². The van der Waals surface area contributed by atoms with E-state index in [4.69, 9.17) is 4.52 Å². The summed E-state index contributed by atoms with van der Waals surface area (Å²) in [6.07, 6.45) is 5.80. The summed E-state index contributed by atoms with van der Waals surface area (Å²) in [5.74, 6) is 0.872. The Bertz CT molecular complexity index is 492. The predicted molar refractivity (Wildman–Crippen MR) is 64.7 cm³/mol. The van der Waals surface area contributed by atoms with Crippen LogP contribution in [0, 0.1) is 6.92 Å². The van der Waals surface area contributed by atoms with Crippen molar-refractivity contribution in [2.24, 2.45) is 0 Å². The number of rotatable bonds is 4. The fourth-order valence-electron chi connectivity index (χ4n) is 2.55. The molecule has 1 saturated heterocycles. The molecule has 0 saturated carbocycles. The highest BCUT2D eigenvalue weighted by Gasteiger charge is 2.25. The fraction of sp³-hybridized carbons (Fsp3) is 0.583. The van der Waals surface area contributed by atoms with Crippen molar-refractivity contribution in [2.75, 3.05) is 6.54 Å². The van der Waals surface area contributed by atoms with Crippen LogP contribution in [-0.2, 0) is 13.1 Å². The van der Waals surface area contributed by atoms with Crippen LogP contribution in [0.3, 0.4) is 0 Å². The Morgan fingerprint density at radius 3 is 3.17 bits per heavy atom. The topological polar surface area (TPSA) is 60.0 Å². The van der Waals surface area contributed by atoms with Gasteiger partial charge in [0.15, 0.2) is 0 Å². The van der Waals surface area contributed by atoms with Crippen molar-refractivity contribution < 1.29 is 4.52 Å². The number of nitrogens with zero attached hydrogens (tertiary/aromatic N) is 5. The van der Waals surface area contributed by atoms with Crippen molar-refractivity contribution in [1.82, 2.24) is 24.8 Å². The van der Waals surface area contributed by atoms with Gasteiger partial charge >= 0.3 is 0 Å². The SMILES string of the molecule is Cc1cc(CN2CCC[C@H]2Cn2cncn2)no1. The third-order valence-corrected chi connectivity index (χ3v) is 3.41. The Balaban J connectivity index is 1.64. The zero-order valence-corrected chi connectivity index (χ0v) is 10.5. The summed E-state index contributed by atoms with van der Waals surface area (Å²) in [6, 6.07) is 2.52. The Labute approximate surface area is 106 Å². The summed E-state index contributed by atoms with van der Waals surface area (Å²) in [5.41, 5.74) is 1.01. The van der Waals surface area contributed by atoms with Crippen LogP contribution < -0.4 is 0 Å². The second-order valence-corrected chi connectivity index (χ2v) is 4.81. The molecule has 1 aliphatic heterocycles. The largest absolute Gasteiger partial charge is 0.361 e. The van der Waals surface area contributed by atoms with E-state index in [0.717, 1.165) is 31.1 Å². The number of likely N-dealkylation sites (tertiary alicyclic amines) is 1. The van der Waals surface area contributed by atoms with E-state index in [2.05, 4.69) is 20.1 Å². The molecular weight excluding hydrogens is 230 g/mol. The van der Waals surface area contributed by atoms with Gasteiger partial charge in [-0.1, -0.05) is 5.16 Å². The second kappa shape index (κ2) is 4.89. The van der Waals surface area contributed by atoms with Crippen molar-refractivity contribution in [3.63, 3.8) is 0 Å². The summed E-state index contributed by atoms with van der Waals surface area (Å²) in [4.78, 5) is 6.43. The lowest BCUT2D eigenvalue weighted by Gasteiger charge is -2.22. The minimum absolute atomic E-state index is 0.517. The molecule has 1 aliphatic rings. The standard InChI is InChI=1S/C12H17N5O/c1-10-5-11(15-18-10)6-16-4-2-3-12(16)7-17-9-13-8-14-17/h5,8-9,12H,2-4,6-7H2,1H3/t12-/m0/s1. The Morgan fingerprint density at radius 1 is 1.50 bits per heavy atom. The number of hydrogen-bond donors (Lipinski definition) is 0. The summed E-state index contributed by atoms with van der Waals surface area (Å²) in [5, 5.41) is 8.23.